The van der Waals surface area contributed by atoms with Gasteiger partial charge < -0.3 is 5.32 Å². The molecule has 0 unspecified atom stereocenters. The molecule has 7 heteroatoms. The van der Waals surface area contributed by atoms with Crippen molar-refractivity contribution in [1.82, 2.24) is 25.1 Å². The number of hydrogen-bond donors (Lipinski definition) is 1. The van der Waals surface area contributed by atoms with Gasteiger partial charge in [0.1, 0.15) is 0 Å². The van der Waals surface area contributed by atoms with Crippen LogP contribution < -0.4 is 5.32 Å². The average molecular weight is 392 g/mol. The molecular formula is C21H21N5OS. The Hall–Kier alpha value is -3.06. The average Bonchev–Trinajstić information content (AvgIpc) is 3.32. The Morgan fingerprint density at radius 3 is 2.79 bits per heavy atom. The third-order valence-electron chi connectivity index (χ3n) is 4.45. The third kappa shape index (κ3) is 3.53. The molecule has 0 aromatic carbocycles. The molecule has 4 rings (SSSR count). The van der Waals surface area contributed by atoms with Crippen molar-refractivity contribution in [2.45, 2.75) is 33.4 Å². The Morgan fingerprint density at radius 1 is 1.25 bits per heavy atom. The van der Waals surface area contributed by atoms with Gasteiger partial charge in [0.25, 0.3) is 5.91 Å². The maximum Gasteiger partial charge on any atom is 0.252 e. The normalized spacial score (nSPS) is 11.3. The van der Waals surface area contributed by atoms with Gasteiger partial charge in [-0.1, -0.05) is 6.07 Å². The summed E-state index contributed by atoms with van der Waals surface area (Å²) in [4.78, 5) is 24.3. The largest absolute Gasteiger partial charge is 0.346 e. The van der Waals surface area contributed by atoms with E-state index in [0.29, 0.717) is 12.1 Å². The number of aromatic nitrogens is 4. The fourth-order valence-corrected chi connectivity index (χ4v) is 3.88. The van der Waals surface area contributed by atoms with Crippen molar-refractivity contribution in [1.29, 1.82) is 0 Å². The van der Waals surface area contributed by atoms with Crippen LogP contribution in [-0.2, 0) is 6.54 Å². The number of hydrogen-bond acceptors (Lipinski definition) is 5. The number of pyridine rings is 2. The molecule has 0 spiro atoms. The topological polar surface area (TPSA) is 72.7 Å². The molecule has 1 amide bonds. The van der Waals surface area contributed by atoms with Gasteiger partial charge in [0.2, 0.25) is 0 Å². The van der Waals surface area contributed by atoms with Crippen LogP contribution in [0.25, 0.3) is 21.6 Å². The van der Waals surface area contributed by atoms with Crippen LogP contribution in [-0.4, -0.2) is 25.7 Å². The Kier molecular flexibility index (Phi) is 4.92. The van der Waals surface area contributed by atoms with Crippen LogP contribution in [0, 0.1) is 6.92 Å². The van der Waals surface area contributed by atoms with Crippen molar-refractivity contribution >= 4 is 28.3 Å². The number of rotatable bonds is 5. The van der Waals surface area contributed by atoms with Gasteiger partial charge in [-0.05, 0) is 51.1 Å². The second-order valence-electron chi connectivity index (χ2n) is 6.89. The molecule has 0 fully saturated rings. The lowest BCUT2D eigenvalue weighted by Crippen LogP contribution is -2.23. The lowest BCUT2D eigenvalue weighted by molar-refractivity contribution is 0.0952. The lowest BCUT2D eigenvalue weighted by Gasteiger charge is -2.10. The summed E-state index contributed by atoms with van der Waals surface area (Å²) in [6.07, 6.45) is 3.44. The molecule has 4 aromatic rings. The summed E-state index contributed by atoms with van der Waals surface area (Å²) in [7, 11) is 0. The van der Waals surface area contributed by atoms with E-state index in [1.54, 1.807) is 23.7 Å². The van der Waals surface area contributed by atoms with Crippen LogP contribution in [0.4, 0.5) is 0 Å². The van der Waals surface area contributed by atoms with Gasteiger partial charge in [-0.3, -0.25) is 9.78 Å². The third-order valence-corrected chi connectivity index (χ3v) is 5.47. The summed E-state index contributed by atoms with van der Waals surface area (Å²) in [5, 5.41) is 8.18. The van der Waals surface area contributed by atoms with Crippen LogP contribution in [0.15, 0.2) is 48.8 Å². The maximum absolute atomic E-state index is 13.0. The molecule has 0 aliphatic carbocycles. The Morgan fingerprint density at radius 2 is 2.11 bits per heavy atom. The van der Waals surface area contributed by atoms with Gasteiger partial charge in [0.15, 0.2) is 5.65 Å². The number of carbonyl (C=O) groups is 1. The van der Waals surface area contributed by atoms with Gasteiger partial charge >= 0.3 is 0 Å². The molecule has 0 aliphatic rings. The molecule has 0 atom stereocenters. The number of fused-ring (bicyclic) bond motifs is 1. The van der Waals surface area contributed by atoms with Crippen molar-refractivity contribution in [3.05, 3.63) is 64.9 Å². The first kappa shape index (κ1) is 18.3. The fraction of sp³-hybridized carbons (Fsp3) is 0.238. The SMILES string of the molecule is Cc1ccc(-c2cc(C(=O)NCc3ccccn3)c3cnn(C(C)C)c3n2)s1. The van der Waals surface area contributed by atoms with E-state index in [1.165, 1.54) is 4.88 Å². The summed E-state index contributed by atoms with van der Waals surface area (Å²) in [5.41, 5.74) is 2.90. The van der Waals surface area contributed by atoms with E-state index in [4.69, 9.17) is 4.98 Å². The summed E-state index contributed by atoms with van der Waals surface area (Å²) in [5.74, 6) is -0.157. The Bertz CT molecular complexity index is 1130. The number of thiophene rings is 1. The van der Waals surface area contributed by atoms with Gasteiger partial charge in [0, 0.05) is 17.1 Å². The van der Waals surface area contributed by atoms with Crippen molar-refractivity contribution in [3.8, 4) is 10.6 Å². The first-order chi connectivity index (χ1) is 13.5. The summed E-state index contributed by atoms with van der Waals surface area (Å²) in [6, 6.07) is 11.8. The van der Waals surface area contributed by atoms with E-state index in [2.05, 4.69) is 42.2 Å². The highest BCUT2D eigenvalue weighted by atomic mass is 32.1. The molecular weight excluding hydrogens is 370 g/mol. The summed E-state index contributed by atoms with van der Waals surface area (Å²) >= 11 is 1.66. The van der Waals surface area contributed by atoms with Gasteiger partial charge in [-0.25, -0.2) is 9.67 Å². The van der Waals surface area contributed by atoms with Gasteiger partial charge in [-0.15, -0.1) is 11.3 Å². The number of nitrogens with one attached hydrogen (secondary N) is 1. The minimum absolute atomic E-state index is 0.148. The van der Waals surface area contributed by atoms with Crippen molar-refractivity contribution < 1.29 is 4.79 Å². The van der Waals surface area contributed by atoms with Crippen LogP contribution >= 0.6 is 11.3 Å². The van der Waals surface area contributed by atoms with E-state index in [0.717, 1.165) is 27.3 Å². The molecule has 0 aliphatic heterocycles. The molecule has 0 saturated heterocycles. The van der Waals surface area contributed by atoms with Crippen molar-refractivity contribution in [3.63, 3.8) is 0 Å². The highest BCUT2D eigenvalue weighted by Crippen LogP contribution is 2.30. The second-order valence-corrected chi connectivity index (χ2v) is 8.18. The van der Waals surface area contributed by atoms with E-state index >= 15 is 0 Å². The zero-order valence-electron chi connectivity index (χ0n) is 16.0. The van der Waals surface area contributed by atoms with Crippen LogP contribution in [0.3, 0.4) is 0 Å². The second kappa shape index (κ2) is 7.52. The minimum atomic E-state index is -0.157. The first-order valence-corrected chi connectivity index (χ1v) is 9.98. The quantitative estimate of drug-likeness (QED) is 0.548. The van der Waals surface area contributed by atoms with Crippen molar-refractivity contribution in [2.75, 3.05) is 0 Å². The van der Waals surface area contributed by atoms with Crippen LogP contribution in [0.2, 0.25) is 0 Å². The minimum Gasteiger partial charge on any atom is -0.346 e. The fourth-order valence-electron chi connectivity index (χ4n) is 3.05. The molecule has 4 aromatic heterocycles. The summed E-state index contributed by atoms with van der Waals surface area (Å²) < 4.78 is 1.86. The molecule has 4 heterocycles. The van der Waals surface area contributed by atoms with Crippen LogP contribution in [0.1, 0.15) is 40.8 Å². The summed E-state index contributed by atoms with van der Waals surface area (Å²) in [6.45, 7) is 6.54. The highest BCUT2D eigenvalue weighted by Gasteiger charge is 2.19. The van der Waals surface area contributed by atoms with Crippen molar-refractivity contribution in [2.24, 2.45) is 0 Å². The molecule has 0 radical (unpaired) electrons. The number of amides is 1. The Labute approximate surface area is 167 Å². The van der Waals surface area contributed by atoms with E-state index in [9.17, 15) is 4.79 Å². The predicted octanol–water partition coefficient (Wildman–Crippen LogP) is 4.37. The number of nitrogens with zero attached hydrogens (tertiary/aromatic N) is 4. The first-order valence-electron chi connectivity index (χ1n) is 9.16. The highest BCUT2D eigenvalue weighted by molar-refractivity contribution is 7.15. The smallest absolute Gasteiger partial charge is 0.252 e. The van der Waals surface area contributed by atoms with E-state index < -0.39 is 0 Å². The predicted molar refractivity (Wildman–Crippen MR) is 111 cm³/mol. The molecule has 6 nitrogen and oxygen atoms in total. The molecule has 0 saturated carbocycles. The maximum atomic E-state index is 13.0. The van der Waals surface area contributed by atoms with Crippen LogP contribution in [0.5, 0.6) is 0 Å². The van der Waals surface area contributed by atoms with Gasteiger partial charge in [-0.2, -0.15) is 5.10 Å². The molecule has 28 heavy (non-hydrogen) atoms. The molecule has 0 bridgehead atoms. The van der Waals surface area contributed by atoms with E-state index in [1.807, 2.05) is 35.0 Å². The monoisotopic (exact) mass is 391 g/mol. The zero-order valence-corrected chi connectivity index (χ0v) is 16.8. The lowest BCUT2D eigenvalue weighted by atomic mass is 10.1. The standard InChI is InChI=1S/C21H21N5OS/c1-13(2)26-20-17(12-24-26)16(10-18(25-20)19-8-7-14(3)28-19)21(27)23-11-15-6-4-5-9-22-15/h4-10,12-13H,11H2,1-3H3,(H,23,27). The Balaban J connectivity index is 1.76. The zero-order chi connectivity index (χ0) is 19.7. The molecule has 1 N–H and O–H groups in total. The van der Waals surface area contributed by atoms with E-state index in [-0.39, 0.29) is 11.9 Å². The number of aryl methyl sites for hydroxylation is 1. The number of carbonyl (C=O) groups excluding carboxylic acids is 1. The molecule has 142 valence electrons. The van der Waals surface area contributed by atoms with Gasteiger partial charge in [0.05, 0.1) is 40.0 Å².